The molecule has 9 heteroatoms. The third kappa shape index (κ3) is 3.70. The quantitative estimate of drug-likeness (QED) is 0.288. The van der Waals surface area contributed by atoms with Crippen LogP contribution in [0.2, 0.25) is 0 Å². The van der Waals surface area contributed by atoms with E-state index in [0.29, 0.717) is 34.6 Å². The molecule has 0 N–H and O–H groups in total. The van der Waals surface area contributed by atoms with Gasteiger partial charge in [0.1, 0.15) is 22.8 Å². The minimum absolute atomic E-state index is 0.0522. The van der Waals surface area contributed by atoms with Crippen LogP contribution < -0.4 is 15.1 Å². The summed E-state index contributed by atoms with van der Waals surface area (Å²) in [6.45, 7) is 5.63. The van der Waals surface area contributed by atoms with Crippen molar-refractivity contribution in [2.24, 2.45) is 0 Å². The molecule has 0 radical (unpaired) electrons. The second kappa shape index (κ2) is 8.84. The van der Waals surface area contributed by atoms with Gasteiger partial charge in [-0.15, -0.1) is 0 Å². The molecule has 35 heavy (non-hydrogen) atoms. The molecule has 5 rings (SSSR count). The molecule has 1 aliphatic rings. The number of hydrogen-bond acceptors (Lipinski definition) is 8. The lowest BCUT2D eigenvalue weighted by Gasteiger charge is -2.23. The summed E-state index contributed by atoms with van der Waals surface area (Å²) in [5.41, 5.74) is 1.28. The van der Waals surface area contributed by atoms with Crippen LogP contribution in [0, 0.1) is 6.92 Å². The number of amides is 1. The van der Waals surface area contributed by atoms with Gasteiger partial charge in [-0.1, -0.05) is 48.3 Å². The van der Waals surface area contributed by atoms with E-state index in [-0.39, 0.29) is 26.8 Å². The van der Waals surface area contributed by atoms with E-state index in [1.807, 2.05) is 0 Å². The number of carbonyl (C=O) groups excluding carboxylic acids is 2. The Morgan fingerprint density at radius 1 is 1.23 bits per heavy atom. The highest BCUT2D eigenvalue weighted by Gasteiger charge is 2.45. The fourth-order valence-electron chi connectivity index (χ4n) is 4.13. The average Bonchev–Trinajstić information content (AvgIpc) is 3.40. The Morgan fingerprint density at radius 3 is 2.80 bits per heavy atom. The van der Waals surface area contributed by atoms with Crippen molar-refractivity contribution >= 4 is 39.3 Å². The van der Waals surface area contributed by atoms with Crippen molar-refractivity contribution in [1.82, 2.24) is 4.98 Å². The zero-order valence-corrected chi connectivity index (χ0v) is 19.8. The lowest BCUT2D eigenvalue weighted by Crippen LogP contribution is -2.29. The highest BCUT2D eigenvalue weighted by atomic mass is 32.1. The van der Waals surface area contributed by atoms with Crippen LogP contribution >= 0.6 is 11.3 Å². The van der Waals surface area contributed by atoms with Crippen molar-refractivity contribution in [2.45, 2.75) is 13.0 Å². The third-order valence-electron chi connectivity index (χ3n) is 5.68. The Balaban J connectivity index is 1.75. The number of ether oxygens (including phenoxy) is 2. The number of rotatable bonds is 6. The Hall–Kier alpha value is -4.24. The molecule has 0 saturated carbocycles. The number of fused-ring (bicyclic) bond motifs is 2. The van der Waals surface area contributed by atoms with Crippen LogP contribution in [0.1, 0.15) is 43.1 Å². The average molecular weight is 489 g/mol. The monoisotopic (exact) mass is 488 g/mol. The van der Waals surface area contributed by atoms with E-state index < -0.39 is 17.9 Å². The van der Waals surface area contributed by atoms with E-state index in [0.717, 1.165) is 11.3 Å². The van der Waals surface area contributed by atoms with Crippen LogP contribution in [0.15, 0.2) is 70.4 Å². The van der Waals surface area contributed by atoms with Gasteiger partial charge in [0.2, 0.25) is 5.76 Å². The molecule has 0 fully saturated rings. The summed E-state index contributed by atoms with van der Waals surface area (Å²) in [5.74, 6) is -0.565. The highest BCUT2D eigenvalue weighted by molar-refractivity contribution is 7.17. The lowest BCUT2D eigenvalue weighted by molar-refractivity contribution is 0.0605. The highest BCUT2D eigenvalue weighted by Crippen LogP contribution is 2.43. The van der Waals surface area contributed by atoms with E-state index in [2.05, 4.69) is 11.6 Å². The molecule has 3 heterocycles. The Morgan fingerprint density at radius 2 is 2.03 bits per heavy atom. The Labute approximate surface area is 204 Å². The number of anilines is 1. The molecule has 0 spiro atoms. The van der Waals surface area contributed by atoms with Crippen LogP contribution in [0.4, 0.5) is 5.13 Å². The zero-order chi connectivity index (χ0) is 24.7. The second-order valence-electron chi connectivity index (χ2n) is 7.82. The van der Waals surface area contributed by atoms with E-state index in [1.54, 1.807) is 61.5 Å². The Kier molecular flexibility index (Phi) is 5.70. The van der Waals surface area contributed by atoms with Gasteiger partial charge in [-0.2, -0.15) is 0 Å². The van der Waals surface area contributed by atoms with Crippen molar-refractivity contribution < 1.29 is 23.5 Å². The number of aromatic nitrogens is 1. The molecule has 2 aromatic heterocycles. The van der Waals surface area contributed by atoms with Crippen LogP contribution in [-0.4, -0.2) is 30.6 Å². The van der Waals surface area contributed by atoms with Crippen LogP contribution in [-0.2, 0) is 4.74 Å². The van der Waals surface area contributed by atoms with Crippen LogP contribution in [0.5, 0.6) is 5.75 Å². The van der Waals surface area contributed by atoms with Crippen molar-refractivity contribution in [2.75, 3.05) is 18.6 Å². The molecule has 1 aliphatic heterocycles. The first-order valence-electron chi connectivity index (χ1n) is 10.7. The molecule has 1 atom stereocenters. The zero-order valence-electron chi connectivity index (χ0n) is 18.9. The van der Waals surface area contributed by atoms with Gasteiger partial charge in [0.25, 0.3) is 5.91 Å². The Bertz CT molecular complexity index is 1550. The fraction of sp³-hybridized carbons (Fsp3) is 0.154. The maximum Gasteiger partial charge on any atom is 0.350 e. The number of nitrogens with zero attached hydrogens (tertiary/aromatic N) is 2. The molecule has 0 aliphatic carbocycles. The third-order valence-corrected chi connectivity index (χ3v) is 6.82. The van der Waals surface area contributed by atoms with Gasteiger partial charge in [-0.25, -0.2) is 9.78 Å². The van der Waals surface area contributed by atoms with Gasteiger partial charge in [0.05, 0.1) is 29.8 Å². The smallest absolute Gasteiger partial charge is 0.350 e. The molecule has 1 unspecified atom stereocenters. The van der Waals surface area contributed by atoms with E-state index in [1.165, 1.54) is 12.0 Å². The number of aryl methyl sites for hydroxylation is 1. The summed E-state index contributed by atoms with van der Waals surface area (Å²) in [4.78, 5) is 45.7. The van der Waals surface area contributed by atoms with Gasteiger partial charge < -0.3 is 13.9 Å². The molecule has 0 bridgehead atoms. The topological polar surface area (TPSA) is 98.9 Å². The number of methoxy groups -OCH3 is 1. The van der Waals surface area contributed by atoms with Crippen LogP contribution in [0.25, 0.3) is 11.0 Å². The van der Waals surface area contributed by atoms with Crippen molar-refractivity contribution in [1.29, 1.82) is 0 Å². The van der Waals surface area contributed by atoms with Gasteiger partial charge in [-0.3, -0.25) is 14.5 Å². The predicted octanol–water partition coefficient (Wildman–Crippen LogP) is 4.66. The molecular weight excluding hydrogens is 468 g/mol. The van der Waals surface area contributed by atoms with Gasteiger partial charge in [0, 0.05) is 0 Å². The summed E-state index contributed by atoms with van der Waals surface area (Å²) in [7, 11) is 1.28. The second-order valence-corrected chi connectivity index (χ2v) is 8.80. The largest absolute Gasteiger partial charge is 0.490 e. The molecular formula is C26H20N2O6S. The minimum Gasteiger partial charge on any atom is -0.490 e. The number of para-hydroxylation sites is 1. The summed E-state index contributed by atoms with van der Waals surface area (Å²) in [6, 6.07) is 13.1. The summed E-state index contributed by atoms with van der Waals surface area (Å²) in [5, 5.41) is 0.626. The maximum atomic E-state index is 13.7. The molecule has 176 valence electrons. The summed E-state index contributed by atoms with van der Waals surface area (Å²) < 4.78 is 16.5. The van der Waals surface area contributed by atoms with E-state index >= 15 is 0 Å². The lowest BCUT2D eigenvalue weighted by atomic mass is 9.98. The normalized spacial score (nSPS) is 14.7. The first-order chi connectivity index (χ1) is 16.9. The fourth-order valence-corrected chi connectivity index (χ4v) is 5.14. The first-order valence-corrected chi connectivity index (χ1v) is 11.5. The number of hydrogen-bond donors (Lipinski definition) is 0. The molecule has 4 aromatic rings. The number of benzene rings is 2. The number of esters is 1. The summed E-state index contributed by atoms with van der Waals surface area (Å²) >= 11 is 1.02. The van der Waals surface area contributed by atoms with Gasteiger partial charge in [0.15, 0.2) is 10.6 Å². The van der Waals surface area contributed by atoms with Crippen LogP contribution in [0.3, 0.4) is 0 Å². The van der Waals surface area contributed by atoms with Gasteiger partial charge >= 0.3 is 5.97 Å². The predicted molar refractivity (Wildman–Crippen MR) is 131 cm³/mol. The number of thiazole rings is 1. The van der Waals surface area contributed by atoms with E-state index in [4.69, 9.17) is 13.9 Å². The molecule has 8 nitrogen and oxygen atoms in total. The summed E-state index contributed by atoms with van der Waals surface area (Å²) in [6.07, 6.45) is 1.63. The van der Waals surface area contributed by atoms with Crippen molar-refractivity contribution in [3.05, 3.63) is 98.9 Å². The maximum absolute atomic E-state index is 13.7. The first kappa shape index (κ1) is 22.5. The standard InChI is InChI=1S/C26H20N2O6S/c1-4-12-33-16-9-7-8-15(13-16)20-19-21(29)17-10-5-6-11-18(17)34-22(19)24(30)28(20)26-27-14(2)23(35-26)25(31)32-3/h4-11,13,20H,1,12H2,2-3H3. The molecule has 1 amide bonds. The van der Waals surface area contributed by atoms with E-state index in [9.17, 15) is 14.4 Å². The molecule has 0 saturated heterocycles. The number of carbonyl (C=O) groups is 2. The van der Waals surface area contributed by atoms with Gasteiger partial charge in [-0.05, 0) is 36.8 Å². The van der Waals surface area contributed by atoms with Crippen molar-refractivity contribution in [3.63, 3.8) is 0 Å². The molecule has 2 aromatic carbocycles. The SMILES string of the molecule is C=CCOc1cccc(C2c3c(oc4ccccc4c3=O)C(=O)N2c2nc(C)c(C(=O)OC)s2)c1. The minimum atomic E-state index is -0.832. The van der Waals surface area contributed by atoms with Crippen molar-refractivity contribution in [3.8, 4) is 5.75 Å².